The predicted molar refractivity (Wildman–Crippen MR) is 51.1 cm³/mol. The van der Waals surface area contributed by atoms with Crippen LogP contribution in [0.15, 0.2) is 24.3 Å². The molecule has 0 unspecified atom stereocenters. The highest BCUT2D eigenvalue weighted by atomic mass is 16.5. The Kier molecular flexibility index (Phi) is 3.06. The minimum absolute atomic E-state index is 0.295. The first-order chi connectivity index (χ1) is 6.66. The molecule has 0 fully saturated rings. The Hall–Kier alpha value is -2.04. The van der Waals surface area contributed by atoms with E-state index in [-0.39, 0.29) is 0 Å². The lowest BCUT2D eigenvalue weighted by Gasteiger charge is -2.16. The van der Waals surface area contributed by atoms with Crippen molar-refractivity contribution in [2.75, 3.05) is 11.9 Å². The summed E-state index contributed by atoms with van der Waals surface area (Å²) < 4.78 is 4.68. The number of nitrogens with zero attached hydrogens (tertiary/aromatic N) is 1. The van der Waals surface area contributed by atoms with Crippen LogP contribution in [-0.2, 0) is 4.79 Å². The van der Waals surface area contributed by atoms with E-state index in [1.165, 1.54) is 11.9 Å². The molecule has 0 saturated heterocycles. The Morgan fingerprint density at radius 3 is 2.71 bits per heavy atom. The van der Waals surface area contributed by atoms with Crippen LogP contribution in [0.2, 0.25) is 0 Å². The molecule has 2 N–H and O–H groups in total. The minimum atomic E-state index is -0.619. The van der Waals surface area contributed by atoms with Crippen LogP contribution in [0.5, 0.6) is 5.75 Å². The highest BCUT2D eigenvalue weighted by Gasteiger charge is 2.11. The van der Waals surface area contributed by atoms with Gasteiger partial charge in [-0.15, -0.1) is 0 Å². The van der Waals surface area contributed by atoms with Crippen LogP contribution in [0.25, 0.3) is 0 Å². The van der Waals surface area contributed by atoms with Gasteiger partial charge in [0.1, 0.15) is 0 Å². The second-order valence-corrected chi connectivity index (χ2v) is 2.58. The average Bonchev–Trinajstić information content (AvgIpc) is 2.18. The van der Waals surface area contributed by atoms with Gasteiger partial charge in [-0.1, -0.05) is 12.1 Å². The van der Waals surface area contributed by atoms with Crippen LogP contribution < -0.4 is 15.4 Å². The number of benzene rings is 1. The summed E-state index contributed by atoms with van der Waals surface area (Å²) in [4.78, 5) is 22.2. The lowest BCUT2D eigenvalue weighted by Crippen LogP contribution is -2.32. The molecule has 0 bridgehead atoms. The summed E-state index contributed by atoms with van der Waals surface area (Å²) in [5.41, 5.74) is 5.53. The molecule has 74 valence electrons. The second-order valence-electron chi connectivity index (χ2n) is 2.58. The highest BCUT2D eigenvalue weighted by Crippen LogP contribution is 2.26. The molecule has 0 aromatic heterocycles. The van der Waals surface area contributed by atoms with Crippen LogP contribution in [0.1, 0.15) is 0 Å². The molecular formula is C9H10N2O3. The van der Waals surface area contributed by atoms with Gasteiger partial charge in [-0.25, -0.2) is 4.79 Å². The molecule has 0 aliphatic rings. The van der Waals surface area contributed by atoms with Gasteiger partial charge >= 0.3 is 6.03 Å². The topological polar surface area (TPSA) is 72.6 Å². The number of para-hydroxylation sites is 2. The number of hydrogen-bond donors (Lipinski definition) is 1. The first-order valence-electron chi connectivity index (χ1n) is 3.89. The van der Waals surface area contributed by atoms with E-state index in [9.17, 15) is 9.59 Å². The van der Waals surface area contributed by atoms with Gasteiger partial charge in [0.05, 0.1) is 5.69 Å². The van der Waals surface area contributed by atoms with Crippen molar-refractivity contribution in [2.24, 2.45) is 5.73 Å². The third-order valence-electron chi connectivity index (χ3n) is 1.73. The van der Waals surface area contributed by atoms with E-state index in [1.807, 2.05) is 0 Å². The smallest absolute Gasteiger partial charge is 0.319 e. The molecule has 1 aromatic carbocycles. The summed E-state index contributed by atoms with van der Waals surface area (Å²) in [6.45, 7) is 0.299. The zero-order valence-electron chi connectivity index (χ0n) is 7.64. The van der Waals surface area contributed by atoms with Crippen molar-refractivity contribution in [1.29, 1.82) is 0 Å². The molecule has 0 atom stereocenters. The second kappa shape index (κ2) is 4.27. The summed E-state index contributed by atoms with van der Waals surface area (Å²) in [7, 11) is 1.50. The Morgan fingerprint density at radius 1 is 1.50 bits per heavy atom. The molecule has 1 rings (SSSR count). The Labute approximate surface area is 81.1 Å². The zero-order valence-corrected chi connectivity index (χ0v) is 7.64. The molecule has 0 radical (unpaired) electrons. The van der Waals surface area contributed by atoms with Gasteiger partial charge in [0, 0.05) is 7.05 Å². The van der Waals surface area contributed by atoms with Gasteiger partial charge in [-0.05, 0) is 12.1 Å². The Morgan fingerprint density at radius 2 is 2.14 bits per heavy atom. The fraction of sp³-hybridized carbons (Fsp3) is 0.111. The third-order valence-corrected chi connectivity index (χ3v) is 1.73. The largest absolute Gasteiger partial charge is 0.427 e. The van der Waals surface area contributed by atoms with Crippen LogP contribution in [0.3, 0.4) is 0 Å². The number of carbonyl (C=O) groups excluding carboxylic acids is 2. The van der Waals surface area contributed by atoms with E-state index in [0.717, 1.165) is 0 Å². The number of rotatable bonds is 3. The molecule has 0 saturated carbocycles. The number of nitrogens with two attached hydrogens (primary N) is 1. The summed E-state index contributed by atoms with van der Waals surface area (Å²) in [5, 5.41) is 0. The SMILES string of the molecule is CN(C(N)=O)c1ccccc1OC=O. The number of ether oxygens (including phenoxy) is 1. The van der Waals surface area contributed by atoms with E-state index in [1.54, 1.807) is 24.3 Å². The number of anilines is 1. The van der Waals surface area contributed by atoms with E-state index in [0.29, 0.717) is 17.9 Å². The van der Waals surface area contributed by atoms with Gasteiger partial charge in [0.2, 0.25) is 0 Å². The molecule has 0 spiro atoms. The first kappa shape index (κ1) is 10.0. The molecule has 14 heavy (non-hydrogen) atoms. The summed E-state index contributed by atoms with van der Waals surface area (Å²) in [6, 6.07) is 5.99. The van der Waals surface area contributed by atoms with E-state index < -0.39 is 6.03 Å². The Bertz CT molecular complexity index is 352. The molecule has 5 heteroatoms. The molecule has 0 aliphatic carbocycles. The fourth-order valence-electron chi connectivity index (χ4n) is 1.00. The predicted octanol–water partition coefficient (Wildman–Crippen LogP) is 0.737. The van der Waals surface area contributed by atoms with Gasteiger partial charge < -0.3 is 10.5 Å². The maximum atomic E-state index is 10.9. The monoisotopic (exact) mass is 194 g/mol. The van der Waals surface area contributed by atoms with Crippen molar-refractivity contribution in [1.82, 2.24) is 0 Å². The minimum Gasteiger partial charge on any atom is -0.427 e. The lowest BCUT2D eigenvalue weighted by atomic mass is 10.3. The van der Waals surface area contributed by atoms with Crippen molar-refractivity contribution in [3.05, 3.63) is 24.3 Å². The summed E-state index contributed by atoms with van der Waals surface area (Å²) >= 11 is 0. The quantitative estimate of drug-likeness (QED) is 0.721. The Balaban J connectivity index is 3.05. The fourth-order valence-corrected chi connectivity index (χ4v) is 1.00. The molecule has 0 aliphatic heterocycles. The maximum absolute atomic E-state index is 10.9. The molecule has 5 nitrogen and oxygen atoms in total. The van der Waals surface area contributed by atoms with Crippen LogP contribution in [0.4, 0.5) is 10.5 Å². The molecular weight excluding hydrogens is 184 g/mol. The number of urea groups is 1. The van der Waals surface area contributed by atoms with Crippen molar-refractivity contribution in [3.8, 4) is 5.75 Å². The van der Waals surface area contributed by atoms with E-state index >= 15 is 0 Å². The zero-order chi connectivity index (χ0) is 10.6. The number of carbonyl (C=O) groups is 2. The first-order valence-corrected chi connectivity index (χ1v) is 3.89. The van der Waals surface area contributed by atoms with Crippen molar-refractivity contribution in [3.63, 3.8) is 0 Å². The van der Waals surface area contributed by atoms with Gasteiger partial charge in [-0.3, -0.25) is 9.69 Å². The number of amides is 2. The average molecular weight is 194 g/mol. The standard InChI is InChI=1S/C9H10N2O3/c1-11(9(10)13)7-4-2-3-5-8(7)14-6-12/h2-6H,1H3,(H2,10,13). The lowest BCUT2D eigenvalue weighted by molar-refractivity contribution is -0.120. The van der Waals surface area contributed by atoms with Gasteiger partial charge in [0.15, 0.2) is 5.75 Å². The summed E-state index contributed by atoms with van der Waals surface area (Å²) in [6.07, 6.45) is 0. The van der Waals surface area contributed by atoms with Gasteiger partial charge in [-0.2, -0.15) is 0 Å². The maximum Gasteiger partial charge on any atom is 0.319 e. The summed E-state index contributed by atoms with van der Waals surface area (Å²) in [5.74, 6) is 0.295. The van der Waals surface area contributed by atoms with Crippen LogP contribution in [0, 0.1) is 0 Å². The van der Waals surface area contributed by atoms with E-state index in [2.05, 4.69) is 4.74 Å². The molecule has 0 heterocycles. The molecule has 2 amide bonds. The third kappa shape index (κ3) is 2.01. The van der Waals surface area contributed by atoms with Gasteiger partial charge in [0.25, 0.3) is 6.47 Å². The van der Waals surface area contributed by atoms with Crippen molar-refractivity contribution >= 4 is 18.2 Å². The van der Waals surface area contributed by atoms with Crippen molar-refractivity contribution < 1.29 is 14.3 Å². The van der Waals surface area contributed by atoms with E-state index in [4.69, 9.17) is 5.73 Å². The normalized spacial score (nSPS) is 9.21. The number of hydrogen-bond acceptors (Lipinski definition) is 3. The van der Waals surface area contributed by atoms with Crippen LogP contribution in [-0.4, -0.2) is 19.6 Å². The highest BCUT2D eigenvalue weighted by molar-refractivity contribution is 5.91. The van der Waals surface area contributed by atoms with Crippen LogP contribution >= 0.6 is 0 Å². The van der Waals surface area contributed by atoms with Crippen molar-refractivity contribution in [2.45, 2.75) is 0 Å². The molecule has 1 aromatic rings. The number of primary amides is 1.